The molecule has 1 fully saturated rings. The summed E-state index contributed by atoms with van der Waals surface area (Å²) >= 11 is 0. The third-order valence-corrected chi connectivity index (χ3v) is 10.5. The van der Waals surface area contributed by atoms with Gasteiger partial charge in [0.1, 0.15) is 0 Å². The molecule has 0 radical (unpaired) electrons. The van der Waals surface area contributed by atoms with E-state index < -0.39 is 15.8 Å². The van der Waals surface area contributed by atoms with Gasteiger partial charge in [-0.1, -0.05) is 85.3 Å². The van der Waals surface area contributed by atoms with Crippen LogP contribution in [0.2, 0.25) is 0 Å². The number of piperidine rings is 1. The van der Waals surface area contributed by atoms with Crippen LogP contribution >= 0.6 is 0 Å². The molecule has 2 aliphatic rings. The van der Waals surface area contributed by atoms with E-state index >= 15 is 0 Å². The number of likely N-dealkylation sites (tertiary alicyclic amines) is 1. The van der Waals surface area contributed by atoms with Gasteiger partial charge >= 0.3 is 0 Å². The van der Waals surface area contributed by atoms with Crippen molar-refractivity contribution in [3.05, 3.63) is 113 Å². The lowest BCUT2D eigenvalue weighted by Gasteiger charge is -2.26. The second-order valence-electron chi connectivity index (χ2n) is 11.6. The third kappa shape index (κ3) is 6.55. The highest BCUT2D eigenvalue weighted by molar-refractivity contribution is 7.91. The molecule has 1 aliphatic carbocycles. The van der Waals surface area contributed by atoms with Gasteiger partial charge in [-0.15, -0.1) is 0 Å². The molecule has 2 unspecified atom stereocenters. The molecule has 5 nitrogen and oxygen atoms in total. The maximum Gasteiger partial charge on any atom is 0.221 e. The second-order valence-corrected chi connectivity index (χ2v) is 13.7. The third-order valence-electron chi connectivity index (χ3n) is 8.68. The lowest BCUT2D eigenvalue weighted by atomic mass is 9.97. The highest BCUT2D eigenvalue weighted by Crippen LogP contribution is 2.33. The summed E-state index contributed by atoms with van der Waals surface area (Å²) in [6, 6.07) is 29.2. The molecule has 1 saturated heterocycles. The lowest BCUT2D eigenvalue weighted by molar-refractivity contribution is -0.122. The van der Waals surface area contributed by atoms with Crippen molar-refractivity contribution in [3.8, 4) is 0 Å². The Morgan fingerprint density at radius 2 is 1.61 bits per heavy atom. The smallest absolute Gasteiger partial charge is 0.221 e. The molecule has 212 valence electrons. The minimum absolute atomic E-state index is 0.0324. The quantitative estimate of drug-likeness (QED) is 0.249. The molecule has 0 bridgehead atoms. The van der Waals surface area contributed by atoms with Crippen molar-refractivity contribution >= 4 is 26.5 Å². The fraction of sp³-hybridized carbons (Fsp3) is 0.343. The summed E-state index contributed by atoms with van der Waals surface area (Å²) < 4.78 is 27.2. The van der Waals surface area contributed by atoms with Crippen LogP contribution in [0.15, 0.2) is 95.9 Å². The summed E-state index contributed by atoms with van der Waals surface area (Å²) in [6.45, 7) is 3.35. The Hall–Kier alpha value is -3.48. The summed E-state index contributed by atoms with van der Waals surface area (Å²) in [6.07, 6.45) is 5.85. The van der Waals surface area contributed by atoms with Crippen LogP contribution in [0.4, 0.5) is 0 Å². The number of benzene rings is 4. The SMILES string of the molecule is O=C(CC(CS(=O)(=O)c1ccc2ccccc2c1)c1ccccc1)NC1CCc2cc(CN3CCCCC3)ccc21. The standard InChI is InChI=1S/C35H38N2O3S/c38-35(36-34-18-15-30-21-26(13-17-33(30)34)24-37-19-7-2-8-20-37)23-31(27-9-3-1-4-10-27)25-41(39,40)32-16-14-28-11-5-6-12-29(28)22-32/h1,3-6,9-14,16-17,21-22,31,34H,2,7-8,15,18-20,23-25H2,(H,36,38). The van der Waals surface area contributed by atoms with E-state index in [0.29, 0.717) is 4.90 Å². The Bertz CT molecular complexity index is 1630. The van der Waals surface area contributed by atoms with Gasteiger partial charge in [0.2, 0.25) is 5.91 Å². The van der Waals surface area contributed by atoms with Crippen LogP contribution in [0.3, 0.4) is 0 Å². The van der Waals surface area contributed by atoms with Gasteiger partial charge in [0.25, 0.3) is 0 Å². The van der Waals surface area contributed by atoms with Crippen molar-refractivity contribution in [1.82, 2.24) is 10.2 Å². The van der Waals surface area contributed by atoms with Crippen LogP contribution in [0, 0.1) is 0 Å². The van der Waals surface area contributed by atoms with Crippen molar-refractivity contribution in [2.24, 2.45) is 0 Å². The molecule has 4 aromatic carbocycles. The first-order valence-corrected chi connectivity index (χ1v) is 16.5. The molecule has 0 aromatic heterocycles. The highest BCUT2D eigenvalue weighted by Gasteiger charge is 2.28. The van der Waals surface area contributed by atoms with E-state index in [1.807, 2.05) is 60.7 Å². The predicted octanol–water partition coefficient (Wildman–Crippen LogP) is 6.58. The number of amides is 1. The molecule has 1 aliphatic heterocycles. The Labute approximate surface area is 243 Å². The van der Waals surface area contributed by atoms with Crippen LogP contribution in [0.25, 0.3) is 10.8 Å². The van der Waals surface area contributed by atoms with Crippen molar-refractivity contribution < 1.29 is 13.2 Å². The summed E-state index contributed by atoms with van der Waals surface area (Å²) in [7, 11) is -3.62. The normalized spacial score (nSPS) is 18.2. The zero-order valence-corrected chi connectivity index (χ0v) is 24.3. The Kier molecular flexibility index (Phi) is 8.22. The van der Waals surface area contributed by atoms with E-state index in [9.17, 15) is 13.2 Å². The lowest BCUT2D eigenvalue weighted by Crippen LogP contribution is -2.30. The molecule has 1 N–H and O–H groups in total. The van der Waals surface area contributed by atoms with Gasteiger partial charge < -0.3 is 5.32 Å². The van der Waals surface area contributed by atoms with E-state index in [0.717, 1.165) is 35.7 Å². The molecule has 2 atom stereocenters. The largest absolute Gasteiger partial charge is 0.349 e. The summed E-state index contributed by atoms with van der Waals surface area (Å²) in [4.78, 5) is 16.2. The predicted molar refractivity (Wildman–Crippen MR) is 165 cm³/mol. The van der Waals surface area contributed by atoms with E-state index in [-0.39, 0.29) is 24.1 Å². The highest BCUT2D eigenvalue weighted by atomic mass is 32.2. The first-order valence-electron chi connectivity index (χ1n) is 14.8. The zero-order chi connectivity index (χ0) is 28.2. The molecule has 1 amide bonds. The minimum Gasteiger partial charge on any atom is -0.349 e. The topological polar surface area (TPSA) is 66.5 Å². The summed E-state index contributed by atoms with van der Waals surface area (Å²) in [5.41, 5.74) is 4.73. The van der Waals surface area contributed by atoms with Crippen molar-refractivity contribution in [2.45, 2.75) is 61.9 Å². The average molecular weight is 567 g/mol. The van der Waals surface area contributed by atoms with Crippen molar-refractivity contribution in [3.63, 3.8) is 0 Å². The number of rotatable bonds is 9. The number of carbonyl (C=O) groups excluding carboxylic acids is 1. The number of aryl methyl sites for hydroxylation is 1. The molecule has 0 saturated carbocycles. The fourth-order valence-corrected chi connectivity index (χ4v) is 8.11. The molecular weight excluding hydrogens is 528 g/mol. The van der Waals surface area contributed by atoms with E-state index in [4.69, 9.17) is 0 Å². The molecule has 6 rings (SSSR count). The second kappa shape index (κ2) is 12.2. The Morgan fingerprint density at radius 3 is 2.41 bits per heavy atom. The number of carbonyl (C=O) groups is 1. The number of nitrogens with zero attached hydrogens (tertiary/aromatic N) is 1. The first kappa shape index (κ1) is 27.7. The van der Waals surface area contributed by atoms with Gasteiger partial charge in [0.15, 0.2) is 9.84 Å². The van der Waals surface area contributed by atoms with Crippen LogP contribution in [0.1, 0.15) is 66.3 Å². The average Bonchev–Trinajstić information content (AvgIpc) is 3.39. The maximum atomic E-state index is 13.6. The number of hydrogen-bond donors (Lipinski definition) is 1. The molecule has 6 heteroatoms. The maximum absolute atomic E-state index is 13.6. The van der Waals surface area contributed by atoms with Gasteiger partial charge in [-0.3, -0.25) is 9.69 Å². The Morgan fingerprint density at radius 1 is 0.854 bits per heavy atom. The first-order chi connectivity index (χ1) is 19.9. The van der Waals surface area contributed by atoms with E-state index in [1.165, 1.54) is 49.0 Å². The van der Waals surface area contributed by atoms with Gasteiger partial charge in [0.05, 0.1) is 16.7 Å². The number of fused-ring (bicyclic) bond motifs is 2. The van der Waals surface area contributed by atoms with Crippen LogP contribution < -0.4 is 5.32 Å². The molecule has 4 aromatic rings. The summed E-state index contributed by atoms with van der Waals surface area (Å²) in [5, 5.41) is 5.13. The number of hydrogen-bond acceptors (Lipinski definition) is 4. The van der Waals surface area contributed by atoms with E-state index in [2.05, 4.69) is 28.4 Å². The molecule has 0 spiro atoms. The number of nitrogens with one attached hydrogen (secondary N) is 1. The fourth-order valence-electron chi connectivity index (χ4n) is 6.49. The van der Waals surface area contributed by atoms with Crippen molar-refractivity contribution in [2.75, 3.05) is 18.8 Å². The zero-order valence-electron chi connectivity index (χ0n) is 23.5. The number of sulfone groups is 1. The van der Waals surface area contributed by atoms with Crippen molar-refractivity contribution in [1.29, 1.82) is 0 Å². The van der Waals surface area contributed by atoms with Gasteiger partial charge in [-0.2, -0.15) is 0 Å². The Balaban J connectivity index is 1.15. The molecule has 1 heterocycles. The van der Waals surface area contributed by atoms with Gasteiger partial charge in [0, 0.05) is 18.9 Å². The van der Waals surface area contributed by atoms with Crippen LogP contribution in [0.5, 0.6) is 0 Å². The summed E-state index contributed by atoms with van der Waals surface area (Å²) in [5.74, 6) is -0.674. The van der Waals surface area contributed by atoms with E-state index in [1.54, 1.807) is 12.1 Å². The monoisotopic (exact) mass is 566 g/mol. The minimum atomic E-state index is -3.62. The molecular formula is C35H38N2O3S. The molecule has 41 heavy (non-hydrogen) atoms. The van der Waals surface area contributed by atoms with Crippen LogP contribution in [-0.2, 0) is 27.6 Å². The van der Waals surface area contributed by atoms with Crippen LogP contribution in [-0.4, -0.2) is 38.1 Å². The van der Waals surface area contributed by atoms with Gasteiger partial charge in [-0.25, -0.2) is 8.42 Å². The van der Waals surface area contributed by atoms with Gasteiger partial charge in [-0.05, 0) is 83.9 Å².